The van der Waals surface area contributed by atoms with Crippen molar-refractivity contribution in [2.45, 2.75) is 12.6 Å². The molecule has 0 saturated carbocycles. The van der Waals surface area contributed by atoms with Crippen LogP contribution in [-0.4, -0.2) is 17.4 Å². The van der Waals surface area contributed by atoms with E-state index in [1.54, 1.807) is 6.07 Å². The van der Waals surface area contributed by atoms with Gasteiger partial charge in [0.05, 0.1) is 6.42 Å². The van der Waals surface area contributed by atoms with Crippen molar-refractivity contribution in [2.75, 3.05) is 0 Å². The predicted molar refractivity (Wildman–Crippen MR) is 53.4 cm³/mol. The van der Waals surface area contributed by atoms with Gasteiger partial charge in [0.1, 0.15) is 0 Å². The zero-order chi connectivity index (χ0) is 11.8. The van der Waals surface area contributed by atoms with E-state index in [0.717, 1.165) is 0 Å². The second-order valence-electron chi connectivity index (χ2n) is 3.53. The quantitative estimate of drug-likeness (QED) is 0.785. The zero-order valence-electron chi connectivity index (χ0n) is 8.14. The van der Waals surface area contributed by atoms with Gasteiger partial charge in [0.15, 0.2) is 6.29 Å². The topological polar surface area (TPSA) is 32.9 Å². The number of fused-ring (bicyclic) bond motifs is 1. The lowest BCUT2D eigenvalue weighted by Crippen LogP contribution is -2.11. The van der Waals surface area contributed by atoms with E-state index in [2.05, 4.69) is 4.98 Å². The van der Waals surface area contributed by atoms with Crippen molar-refractivity contribution < 1.29 is 18.0 Å². The second-order valence-corrected chi connectivity index (χ2v) is 3.53. The third-order valence-corrected chi connectivity index (χ3v) is 2.31. The van der Waals surface area contributed by atoms with Crippen LogP contribution in [0.3, 0.4) is 0 Å². The Morgan fingerprint density at radius 3 is 2.69 bits per heavy atom. The van der Waals surface area contributed by atoms with Crippen molar-refractivity contribution in [3.63, 3.8) is 0 Å². The highest BCUT2D eigenvalue weighted by Gasteiger charge is 2.27. The van der Waals surface area contributed by atoms with Gasteiger partial charge in [-0.3, -0.25) is 4.79 Å². The molecule has 0 bridgehead atoms. The number of halogens is 3. The Morgan fingerprint density at radius 2 is 2.06 bits per heavy atom. The molecular weight excluding hydrogens is 219 g/mol. The van der Waals surface area contributed by atoms with E-state index in [0.29, 0.717) is 22.8 Å². The summed E-state index contributed by atoms with van der Waals surface area (Å²) in [6.07, 6.45) is -3.11. The molecule has 1 heterocycles. The fourth-order valence-electron chi connectivity index (χ4n) is 1.63. The molecule has 1 N–H and O–H groups in total. The number of aldehydes is 1. The fraction of sp³-hybridized carbons (Fsp3) is 0.182. The minimum Gasteiger partial charge on any atom is -0.360 e. The Bertz CT molecular complexity index is 527. The number of H-pyrrole nitrogens is 1. The second kappa shape index (κ2) is 3.66. The summed E-state index contributed by atoms with van der Waals surface area (Å²) in [6.45, 7) is 0. The average Bonchev–Trinajstić information content (AvgIpc) is 2.57. The number of rotatable bonds is 2. The number of nitrogens with one attached hydrogen (secondary N) is 1. The van der Waals surface area contributed by atoms with Crippen LogP contribution in [0.5, 0.6) is 0 Å². The number of carbonyl (C=O) groups is 1. The molecule has 1 aromatic carbocycles. The molecule has 84 valence electrons. The van der Waals surface area contributed by atoms with Gasteiger partial charge in [0.2, 0.25) is 0 Å². The molecule has 2 nitrogen and oxygen atoms in total. The molecule has 0 aliphatic carbocycles. The Labute approximate surface area is 89.1 Å². The normalized spacial score (nSPS) is 11.9. The molecule has 0 aliphatic rings. The monoisotopic (exact) mass is 227 g/mol. The summed E-state index contributed by atoms with van der Waals surface area (Å²) < 4.78 is 36.5. The number of benzene rings is 1. The summed E-state index contributed by atoms with van der Waals surface area (Å²) in [7, 11) is 0. The first kappa shape index (κ1) is 10.7. The number of aromatic amines is 1. The van der Waals surface area contributed by atoms with Gasteiger partial charge in [-0.25, -0.2) is 0 Å². The van der Waals surface area contributed by atoms with Gasteiger partial charge in [-0.15, -0.1) is 0 Å². The van der Waals surface area contributed by atoms with E-state index in [4.69, 9.17) is 0 Å². The molecule has 5 heteroatoms. The molecule has 0 spiro atoms. The zero-order valence-corrected chi connectivity index (χ0v) is 8.14. The highest BCUT2D eigenvalue weighted by molar-refractivity contribution is 5.97. The van der Waals surface area contributed by atoms with Crippen molar-refractivity contribution in [1.82, 2.24) is 4.98 Å². The number of hydrogen-bond donors (Lipinski definition) is 1. The Hall–Kier alpha value is -1.78. The van der Waals surface area contributed by atoms with Crippen molar-refractivity contribution >= 4 is 17.2 Å². The SMILES string of the molecule is O=Cc1c[nH]c2ccc(CC(F)(F)F)cc12. The molecule has 2 aromatic rings. The lowest BCUT2D eigenvalue weighted by Gasteiger charge is -2.06. The van der Waals surface area contributed by atoms with Crippen molar-refractivity contribution in [3.8, 4) is 0 Å². The molecule has 16 heavy (non-hydrogen) atoms. The minimum absolute atomic E-state index is 0.155. The summed E-state index contributed by atoms with van der Waals surface area (Å²) in [5.41, 5.74) is 1.19. The summed E-state index contributed by atoms with van der Waals surface area (Å²) in [5, 5.41) is 0.525. The van der Waals surface area contributed by atoms with Crippen LogP contribution in [0.4, 0.5) is 13.2 Å². The molecule has 0 amide bonds. The van der Waals surface area contributed by atoms with Crippen LogP contribution in [0.2, 0.25) is 0 Å². The highest BCUT2D eigenvalue weighted by Crippen LogP contribution is 2.24. The maximum absolute atomic E-state index is 12.2. The van der Waals surface area contributed by atoms with Crippen LogP contribution < -0.4 is 0 Å². The van der Waals surface area contributed by atoms with Gasteiger partial charge in [-0.1, -0.05) is 6.07 Å². The molecule has 2 rings (SSSR count). The van der Waals surface area contributed by atoms with E-state index in [1.807, 2.05) is 0 Å². The van der Waals surface area contributed by atoms with Gasteiger partial charge >= 0.3 is 6.18 Å². The predicted octanol–water partition coefficient (Wildman–Crippen LogP) is 3.09. The van der Waals surface area contributed by atoms with E-state index in [9.17, 15) is 18.0 Å². The van der Waals surface area contributed by atoms with Crippen molar-refractivity contribution in [3.05, 3.63) is 35.5 Å². The molecule has 0 aliphatic heterocycles. The number of hydrogen-bond acceptors (Lipinski definition) is 1. The summed E-state index contributed by atoms with van der Waals surface area (Å²) in [5.74, 6) is 0. The summed E-state index contributed by atoms with van der Waals surface area (Å²) in [4.78, 5) is 13.5. The van der Waals surface area contributed by atoms with Gasteiger partial charge in [0.25, 0.3) is 0 Å². The first-order valence-electron chi connectivity index (χ1n) is 4.61. The number of aromatic nitrogens is 1. The first-order valence-corrected chi connectivity index (χ1v) is 4.61. The van der Waals surface area contributed by atoms with Gasteiger partial charge in [-0.2, -0.15) is 13.2 Å². The molecule has 0 fully saturated rings. The Balaban J connectivity index is 2.45. The molecule has 1 aromatic heterocycles. The number of alkyl halides is 3. The lowest BCUT2D eigenvalue weighted by atomic mass is 10.1. The Kier molecular flexibility index (Phi) is 2.46. The third kappa shape index (κ3) is 2.08. The molecular formula is C11H8F3NO. The summed E-state index contributed by atoms with van der Waals surface area (Å²) in [6, 6.07) is 4.34. The molecule has 0 unspecified atom stereocenters. The molecule has 0 radical (unpaired) electrons. The summed E-state index contributed by atoms with van der Waals surface area (Å²) >= 11 is 0. The van der Waals surface area contributed by atoms with E-state index >= 15 is 0 Å². The maximum atomic E-state index is 12.2. The van der Waals surface area contributed by atoms with Crippen LogP contribution >= 0.6 is 0 Å². The number of carbonyl (C=O) groups excluding carboxylic acids is 1. The van der Waals surface area contributed by atoms with Gasteiger partial charge in [0, 0.05) is 22.7 Å². The molecule has 0 saturated heterocycles. The largest absolute Gasteiger partial charge is 0.393 e. The standard InChI is InChI=1S/C11H8F3NO/c12-11(13,14)4-7-1-2-10-9(3-7)8(6-16)5-15-10/h1-3,5-6,15H,4H2. The fourth-order valence-corrected chi connectivity index (χ4v) is 1.63. The van der Waals surface area contributed by atoms with Crippen LogP contribution in [0, 0.1) is 0 Å². The molecule has 0 atom stereocenters. The van der Waals surface area contributed by atoms with E-state index < -0.39 is 12.6 Å². The van der Waals surface area contributed by atoms with E-state index in [-0.39, 0.29) is 5.56 Å². The van der Waals surface area contributed by atoms with E-state index in [1.165, 1.54) is 18.3 Å². The van der Waals surface area contributed by atoms with Crippen LogP contribution in [-0.2, 0) is 6.42 Å². The van der Waals surface area contributed by atoms with Crippen LogP contribution in [0.15, 0.2) is 24.4 Å². The average molecular weight is 227 g/mol. The highest BCUT2D eigenvalue weighted by atomic mass is 19.4. The van der Waals surface area contributed by atoms with Crippen LogP contribution in [0.25, 0.3) is 10.9 Å². The van der Waals surface area contributed by atoms with Crippen molar-refractivity contribution in [1.29, 1.82) is 0 Å². The smallest absolute Gasteiger partial charge is 0.360 e. The third-order valence-electron chi connectivity index (χ3n) is 2.31. The maximum Gasteiger partial charge on any atom is 0.393 e. The minimum atomic E-state index is -4.23. The first-order chi connectivity index (χ1) is 7.49. The van der Waals surface area contributed by atoms with Crippen molar-refractivity contribution in [2.24, 2.45) is 0 Å². The van der Waals surface area contributed by atoms with Gasteiger partial charge in [-0.05, 0) is 17.7 Å². The van der Waals surface area contributed by atoms with Gasteiger partial charge < -0.3 is 4.98 Å². The van der Waals surface area contributed by atoms with Crippen LogP contribution in [0.1, 0.15) is 15.9 Å². The lowest BCUT2D eigenvalue weighted by molar-refractivity contribution is -0.127. The Morgan fingerprint density at radius 1 is 1.31 bits per heavy atom.